The third-order valence-electron chi connectivity index (χ3n) is 4.69. The topological polar surface area (TPSA) is 46.3 Å². The largest absolute Gasteiger partial charge is 0.444 e. The predicted octanol–water partition coefficient (Wildman–Crippen LogP) is 4.50. The van der Waals surface area contributed by atoms with Crippen LogP contribution in [0.1, 0.15) is 28.9 Å². The molecule has 0 saturated carbocycles. The number of carbonyl (C=O) groups excluding carboxylic acids is 1. The Morgan fingerprint density at radius 2 is 1.96 bits per heavy atom. The number of ketones is 1. The molecule has 2 aromatic heterocycles. The minimum Gasteiger partial charge on any atom is -0.444 e. The molecular weight excluding hydrogens is 332 g/mol. The molecule has 1 fully saturated rings. The number of oxazole rings is 1. The summed E-state index contributed by atoms with van der Waals surface area (Å²) in [6.45, 7) is 2.62. The predicted molar refractivity (Wildman–Crippen MR) is 98.6 cm³/mol. The third kappa shape index (κ3) is 3.72. The van der Waals surface area contributed by atoms with E-state index in [1.165, 1.54) is 0 Å². The molecule has 3 aromatic rings. The van der Waals surface area contributed by atoms with Crippen LogP contribution in [0.2, 0.25) is 0 Å². The van der Waals surface area contributed by atoms with Crippen molar-refractivity contribution < 1.29 is 9.21 Å². The first-order valence-corrected chi connectivity index (χ1v) is 9.47. The van der Waals surface area contributed by atoms with E-state index in [1.807, 2.05) is 47.8 Å². The number of thiophene rings is 1. The number of hydrogen-bond donors (Lipinski definition) is 0. The van der Waals surface area contributed by atoms with Crippen LogP contribution in [0.15, 0.2) is 58.5 Å². The van der Waals surface area contributed by atoms with Gasteiger partial charge in [0.15, 0.2) is 5.78 Å². The summed E-state index contributed by atoms with van der Waals surface area (Å²) in [6.07, 6.45) is 3.56. The number of aromatic nitrogens is 1. The molecule has 4 nitrogen and oxygen atoms in total. The van der Waals surface area contributed by atoms with Crippen molar-refractivity contribution in [3.63, 3.8) is 0 Å². The first-order chi connectivity index (χ1) is 12.3. The fourth-order valence-corrected chi connectivity index (χ4v) is 3.97. The highest BCUT2D eigenvalue weighted by molar-refractivity contribution is 7.13. The van der Waals surface area contributed by atoms with Crippen molar-refractivity contribution in [2.45, 2.75) is 19.4 Å². The Hall–Kier alpha value is -2.24. The molecule has 128 valence electrons. The van der Waals surface area contributed by atoms with Crippen LogP contribution in [0, 0.1) is 5.92 Å². The highest BCUT2D eigenvalue weighted by Crippen LogP contribution is 2.26. The van der Waals surface area contributed by atoms with Crippen molar-refractivity contribution in [1.29, 1.82) is 0 Å². The lowest BCUT2D eigenvalue weighted by Crippen LogP contribution is -2.36. The standard InChI is InChI=1S/C20H20N2O2S/c23-19(15-5-2-1-3-6-15)16-8-10-22(11-9-16)13-17-14-24-20(21-17)18-7-4-12-25-18/h1-7,12,14,16H,8-11,13H2. The first kappa shape index (κ1) is 16.2. The van der Waals surface area contributed by atoms with Gasteiger partial charge in [-0.1, -0.05) is 36.4 Å². The van der Waals surface area contributed by atoms with Crippen LogP contribution < -0.4 is 0 Å². The zero-order valence-corrected chi connectivity index (χ0v) is 14.7. The quantitative estimate of drug-likeness (QED) is 0.634. The smallest absolute Gasteiger partial charge is 0.236 e. The normalized spacial score (nSPS) is 16.2. The maximum absolute atomic E-state index is 12.6. The van der Waals surface area contributed by atoms with Crippen molar-refractivity contribution in [1.82, 2.24) is 9.88 Å². The molecule has 1 aromatic carbocycles. The molecule has 0 amide bonds. The molecule has 4 rings (SSSR count). The molecule has 3 heterocycles. The fourth-order valence-electron chi connectivity index (χ4n) is 3.31. The molecule has 0 bridgehead atoms. The number of Topliss-reactive ketones (excluding diaryl/α,β-unsaturated/α-hetero) is 1. The highest BCUT2D eigenvalue weighted by atomic mass is 32.1. The third-order valence-corrected chi connectivity index (χ3v) is 5.54. The van der Waals surface area contributed by atoms with Crippen LogP contribution in [0.25, 0.3) is 10.8 Å². The number of carbonyl (C=O) groups is 1. The van der Waals surface area contributed by atoms with Gasteiger partial charge in [-0.05, 0) is 37.4 Å². The van der Waals surface area contributed by atoms with Gasteiger partial charge in [-0.2, -0.15) is 0 Å². The minimum absolute atomic E-state index is 0.137. The number of likely N-dealkylation sites (tertiary alicyclic amines) is 1. The minimum atomic E-state index is 0.137. The van der Waals surface area contributed by atoms with E-state index >= 15 is 0 Å². The molecule has 0 unspecified atom stereocenters. The van der Waals surface area contributed by atoms with E-state index in [9.17, 15) is 4.79 Å². The summed E-state index contributed by atoms with van der Waals surface area (Å²) in [6, 6.07) is 13.6. The van der Waals surface area contributed by atoms with Gasteiger partial charge < -0.3 is 4.42 Å². The van der Waals surface area contributed by atoms with Gasteiger partial charge in [-0.3, -0.25) is 9.69 Å². The Kier molecular flexibility index (Phi) is 4.76. The average molecular weight is 352 g/mol. The second-order valence-corrected chi connectivity index (χ2v) is 7.35. The van der Waals surface area contributed by atoms with Gasteiger partial charge >= 0.3 is 0 Å². The van der Waals surface area contributed by atoms with E-state index in [0.717, 1.165) is 48.6 Å². The maximum Gasteiger partial charge on any atom is 0.236 e. The summed E-state index contributed by atoms with van der Waals surface area (Å²) < 4.78 is 5.59. The molecule has 1 aliphatic heterocycles. The molecule has 1 saturated heterocycles. The number of nitrogens with zero attached hydrogens (tertiary/aromatic N) is 2. The van der Waals surface area contributed by atoms with Crippen LogP contribution in [0.4, 0.5) is 0 Å². The molecule has 5 heteroatoms. The zero-order valence-electron chi connectivity index (χ0n) is 13.9. The van der Waals surface area contributed by atoms with Gasteiger partial charge in [0.1, 0.15) is 6.26 Å². The number of hydrogen-bond acceptors (Lipinski definition) is 5. The Balaban J connectivity index is 1.33. The summed E-state index contributed by atoms with van der Waals surface area (Å²) >= 11 is 1.63. The van der Waals surface area contributed by atoms with E-state index in [2.05, 4.69) is 9.88 Å². The van der Waals surface area contributed by atoms with Gasteiger partial charge in [0, 0.05) is 18.0 Å². The van der Waals surface area contributed by atoms with E-state index in [4.69, 9.17) is 4.42 Å². The summed E-state index contributed by atoms with van der Waals surface area (Å²) in [5.74, 6) is 1.11. The van der Waals surface area contributed by atoms with Gasteiger partial charge in [0.2, 0.25) is 5.89 Å². The fraction of sp³-hybridized carbons (Fsp3) is 0.300. The van der Waals surface area contributed by atoms with Crippen molar-refractivity contribution >= 4 is 17.1 Å². The van der Waals surface area contributed by atoms with Crippen LogP contribution in [0.3, 0.4) is 0 Å². The van der Waals surface area contributed by atoms with Gasteiger partial charge in [-0.25, -0.2) is 4.98 Å². The van der Waals surface area contributed by atoms with E-state index < -0.39 is 0 Å². The van der Waals surface area contributed by atoms with Gasteiger partial charge in [-0.15, -0.1) is 11.3 Å². The Morgan fingerprint density at radius 1 is 1.16 bits per heavy atom. The number of benzene rings is 1. The molecule has 0 spiro atoms. The van der Waals surface area contributed by atoms with Gasteiger partial charge in [0.25, 0.3) is 0 Å². The molecule has 0 atom stereocenters. The first-order valence-electron chi connectivity index (χ1n) is 8.59. The van der Waals surface area contributed by atoms with Crippen molar-refractivity contribution in [2.75, 3.05) is 13.1 Å². The highest BCUT2D eigenvalue weighted by Gasteiger charge is 2.26. The summed E-state index contributed by atoms with van der Waals surface area (Å²) in [4.78, 5) is 20.5. The maximum atomic E-state index is 12.6. The van der Waals surface area contributed by atoms with Crippen LogP contribution in [-0.4, -0.2) is 28.8 Å². The van der Waals surface area contributed by atoms with E-state index in [-0.39, 0.29) is 11.7 Å². The van der Waals surface area contributed by atoms with Crippen LogP contribution in [-0.2, 0) is 6.54 Å². The Labute approximate surface area is 151 Å². The lowest BCUT2D eigenvalue weighted by molar-refractivity contribution is 0.0834. The zero-order chi connectivity index (χ0) is 17.1. The molecule has 0 radical (unpaired) electrons. The Morgan fingerprint density at radius 3 is 2.68 bits per heavy atom. The van der Waals surface area contributed by atoms with Crippen LogP contribution >= 0.6 is 11.3 Å². The monoisotopic (exact) mass is 352 g/mol. The lowest BCUT2D eigenvalue weighted by Gasteiger charge is -2.30. The SMILES string of the molecule is O=C(c1ccccc1)C1CCN(Cc2coc(-c3cccs3)n2)CC1. The van der Waals surface area contributed by atoms with E-state index in [0.29, 0.717) is 5.89 Å². The molecular formula is C20H20N2O2S. The second kappa shape index (κ2) is 7.33. The second-order valence-electron chi connectivity index (χ2n) is 6.40. The Bertz CT molecular complexity index is 819. The lowest BCUT2D eigenvalue weighted by atomic mass is 9.89. The van der Waals surface area contributed by atoms with Crippen molar-refractivity contribution in [3.05, 3.63) is 65.4 Å². The number of piperidine rings is 1. The molecule has 0 aliphatic carbocycles. The average Bonchev–Trinajstić information content (AvgIpc) is 3.34. The molecule has 1 aliphatic rings. The number of rotatable bonds is 5. The summed E-state index contributed by atoms with van der Waals surface area (Å²) in [7, 11) is 0. The summed E-state index contributed by atoms with van der Waals surface area (Å²) in [5, 5.41) is 2.02. The van der Waals surface area contributed by atoms with Crippen molar-refractivity contribution in [2.24, 2.45) is 5.92 Å². The van der Waals surface area contributed by atoms with Crippen molar-refractivity contribution in [3.8, 4) is 10.8 Å². The van der Waals surface area contributed by atoms with Gasteiger partial charge in [0.05, 0.1) is 10.6 Å². The van der Waals surface area contributed by atoms with E-state index in [1.54, 1.807) is 17.6 Å². The molecule has 25 heavy (non-hydrogen) atoms. The molecule has 0 N–H and O–H groups in total. The van der Waals surface area contributed by atoms with Crippen LogP contribution in [0.5, 0.6) is 0 Å². The summed E-state index contributed by atoms with van der Waals surface area (Å²) in [5.41, 5.74) is 1.79.